The molecule has 1 aliphatic rings. The Labute approximate surface area is 118 Å². The van der Waals surface area contributed by atoms with Crippen LogP contribution in [0.3, 0.4) is 0 Å². The highest BCUT2D eigenvalue weighted by Gasteiger charge is 2.26. The van der Waals surface area contributed by atoms with Crippen molar-refractivity contribution in [2.45, 2.75) is 18.9 Å². The van der Waals surface area contributed by atoms with Gasteiger partial charge in [-0.15, -0.1) is 0 Å². The maximum absolute atomic E-state index is 4.48. The molecule has 3 nitrogen and oxygen atoms in total. The first-order valence-corrected chi connectivity index (χ1v) is 7.09. The van der Waals surface area contributed by atoms with Crippen LogP contribution in [0, 0.1) is 0 Å². The Morgan fingerprint density at radius 1 is 1.10 bits per heavy atom. The van der Waals surface area contributed by atoms with Gasteiger partial charge in [0.1, 0.15) is 0 Å². The van der Waals surface area contributed by atoms with Gasteiger partial charge in [-0.1, -0.05) is 30.3 Å². The standard InChI is InChI=1S/C17H17N3/c1-20(13-7-8-13)14-9-10-15-16(11-14)18-19-17(15)12-5-3-2-4-6-12/h2-6,9-11,13H,7-8H2,1H3,(H,18,19). The number of hydrogen-bond acceptors (Lipinski definition) is 2. The van der Waals surface area contributed by atoms with Crippen LogP contribution in [-0.4, -0.2) is 23.3 Å². The minimum atomic E-state index is 0.726. The molecule has 0 aliphatic heterocycles. The van der Waals surface area contributed by atoms with E-state index in [0.717, 1.165) is 22.8 Å². The number of aromatic amines is 1. The summed E-state index contributed by atoms with van der Waals surface area (Å²) in [6.45, 7) is 0. The Morgan fingerprint density at radius 3 is 2.65 bits per heavy atom. The van der Waals surface area contributed by atoms with Crippen molar-refractivity contribution in [1.29, 1.82) is 0 Å². The lowest BCUT2D eigenvalue weighted by atomic mass is 10.1. The highest BCUT2D eigenvalue weighted by atomic mass is 15.2. The molecule has 0 unspecified atom stereocenters. The average molecular weight is 263 g/mol. The Bertz CT molecular complexity index is 741. The monoisotopic (exact) mass is 263 g/mol. The lowest BCUT2D eigenvalue weighted by molar-refractivity contribution is 0.918. The minimum Gasteiger partial charge on any atom is -0.372 e. The third-order valence-electron chi connectivity index (χ3n) is 4.10. The van der Waals surface area contributed by atoms with Crippen LogP contribution >= 0.6 is 0 Å². The van der Waals surface area contributed by atoms with Crippen molar-refractivity contribution in [3.63, 3.8) is 0 Å². The van der Waals surface area contributed by atoms with Crippen molar-refractivity contribution in [3.8, 4) is 11.3 Å². The first-order chi connectivity index (χ1) is 9.83. The molecule has 0 spiro atoms. The third kappa shape index (κ3) is 1.86. The number of rotatable bonds is 3. The van der Waals surface area contributed by atoms with Crippen molar-refractivity contribution < 1.29 is 0 Å². The van der Waals surface area contributed by atoms with E-state index in [2.05, 4.69) is 52.5 Å². The van der Waals surface area contributed by atoms with Gasteiger partial charge >= 0.3 is 0 Å². The molecule has 0 radical (unpaired) electrons. The molecule has 2 aromatic carbocycles. The van der Waals surface area contributed by atoms with Crippen molar-refractivity contribution >= 4 is 16.6 Å². The van der Waals surface area contributed by atoms with E-state index in [4.69, 9.17) is 0 Å². The number of nitrogens with zero attached hydrogens (tertiary/aromatic N) is 2. The third-order valence-corrected chi connectivity index (χ3v) is 4.10. The summed E-state index contributed by atoms with van der Waals surface area (Å²) in [7, 11) is 2.17. The molecule has 4 rings (SSSR count). The molecule has 0 atom stereocenters. The van der Waals surface area contributed by atoms with E-state index in [0.29, 0.717) is 0 Å². The van der Waals surface area contributed by atoms with Gasteiger partial charge in [-0.05, 0) is 31.0 Å². The van der Waals surface area contributed by atoms with Crippen LogP contribution in [-0.2, 0) is 0 Å². The topological polar surface area (TPSA) is 31.9 Å². The summed E-state index contributed by atoms with van der Waals surface area (Å²) in [6, 6.07) is 17.6. The molecule has 100 valence electrons. The molecule has 1 saturated carbocycles. The molecule has 1 heterocycles. The summed E-state index contributed by atoms with van der Waals surface area (Å²) in [4.78, 5) is 2.36. The first kappa shape index (κ1) is 11.5. The van der Waals surface area contributed by atoms with E-state index in [1.54, 1.807) is 0 Å². The molecule has 3 heteroatoms. The average Bonchev–Trinajstić information content (AvgIpc) is 3.26. The molecule has 0 bridgehead atoms. The van der Waals surface area contributed by atoms with Gasteiger partial charge in [-0.3, -0.25) is 5.10 Å². The molecule has 0 saturated heterocycles. The van der Waals surface area contributed by atoms with E-state index >= 15 is 0 Å². The van der Waals surface area contributed by atoms with Gasteiger partial charge in [-0.2, -0.15) is 5.10 Å². The van der Waals surface area contributed by atoms with Gasteiger partial charge in [0, 0.05) is 29.7 Å². The van der Waals surface area contributed by atoms with E-state index in [1.165, 1.54) is 23.9 Å². The summed E-state index contributed by atoms with van der Waals surface area (Å²) in [5.74, 6) is 0. The fourth-order valence-corrected chi connectivity index (χ4v) is 2.72. The number of hydrogen-bond donors (Lipinski definition) is 1. The SMILES string of the molecule is CN(c1ccc2c(-c3ccccc3)n[nH]c2c1)C1CC1. The van der Waals surface area contributed by atoms with Crippen molar-refractivity contribution in [2.75, 3.05) is 11.9 Å². The van der Waals surface area contributed by atoms with E-state index in [1.807, 2.05) is 18.2 Å². The van der Waals surface area contributed by atoms with Crippen LogP contribution in [0.25, 0.3) is 22.2 Å². The van der Waals surface area contributed by atoms with E-state index in [-0.39, 0.29) is 0 Å². The zero-order valence-electron chi connectivity index (χ0n) is 11.5. The number of anilines is 1. The Balaban J connectivity index is 1.78. The number of H-pyrrole nitrogens is 1. The number of nitrogens with one attached hydrogen (secondary N) is 1. The predicted molar refractivity (Wildman–Crippen MR) is 83.0 cm³/mol. The number of aromatic nitrogens is 2. The first-order valence-electron chi connectivity index (χ1n) is 7.09. The van der Waals surface area contributed by atoms with Gasteiger partial charge in [-0.25, -0.2) is 0 Å². The second-order valence-electron chi connectivity index (χ2n) is 5.51. The molecule has 3 aromatic rings. The van der Waals surface area contributed by atoms with Crippen LogP contribution in [0.15, 0.2) is 48.5 Å². The normalized spacial score (nSPS) is 14.7. The zero-order chi connectivity index (χ0) is 13.5. The predicted octanol–water partition coefficient (Wildman–Crippen LogP) is 3.83. The van der Waals surface area contributed by atoms with Crippen LogP contribution in [0.4, 0.5) is 5.69 Å². The molecule has 1 fully saturated rings. The maximum atomic E-state index is 4.48. The molecule has 1 N–H and O–H groups in total. The quantitative estimate of drug-likeness (QED) is 0.778. The number of fused-ring (bicyclic) bond motifs is 1. The molecular weight excluding hydrogens is 246 g/mol. The summed E-state index contributed by atoms with van der Waals surface area (Å²) in [6.07, 6.45) is 2.62. The smallest absolute Gasteiger partial charge is 0.0999 e. The van der Waals surface area contributed by atoms with Crippen LogP contribution in [0.5, 0.6) is 0 Å². The molecule has 1 aromatic heterocycles. The molecule has 1 aliphatic carbocycles. The summed E-state index contributed by atoms with van der Waals surface area (Å²) >= 11 is 0. The maximum Gasteiger partial charge on any atom is 0.0999 e. The Morgan fingerprint density at radius 2 is 1.90 bits per heavy atom. The minimum absolute atomic E-state index is 0.726. The van der Waals surface area contributed by atoms with Gasteiger partial charge < -0.3 is 4.90 Å². The van der Waals surface area contributed by atoms with Crippen molar-refractivity contribution in [3.05, 3.63) is 48.5 Å². The van der Waals surface area contributed by atoms with Gasteiger partial charge in [0.25, 0.3) is 0 Å². The Kier molecular flexibility index (Phi) is 2.52. The summed E-state index contributed by atoms with van der Waals surface area (Å²) < 4.78 is 0. The molecule has 0 amide bonds. The summed E-state index contributed by atoms with van der Waals surface area (Å²) in [5.41, 5.74) is 4.56. The van der Waals surface area contributed by atoms with Crippen LogP contribution < -0.4 is 4.90 Å². The van der Waals surface area contributed by atoms with Gasteiger partial charge in [0.15, 0.2) is 0 Å². The van der Waals surface area contributed by atoms with Crippen molar-refractivity contribution in [1.82, 2.24) is 10.2 Å². The van der Waals surface area contributed by atoms with E-state index in [9.17, 15) is 0 Å². The van der Waals surface area contributed by atoms with Crippen LogP contribution in [0.1, 0.15) is 12.8 Å². The lowest BCUT2D eigenvalue weighted by Gasteiger charge is -2.18. The van der Waals surface area contributed by atoms with Crippen molar-refractivity contribution in [2.24, 2.45) is 0 Å². The van der Waals surface area contributed by atoms with Crippen LogP contribution in [0.2, 0.25) is 0 Å². The highest BCUT2D eigenvalue weighted by molar-refractivity contribution is 5.94. The number of benzene rings is 2. The lowest BCUT2D eigenvalue weighted by Crippen LogP contribution is -2.18. The second-order valence-corrected chi connectivity index (χ2v) is 5.51. The Hall–Kier alpha value is -2.29. The summed E-state index contributed by atoms with van der Waals surface area (Å²) in [5, 5.41) is 8.83. The molecular formula is C17H17N3. The molecule has 20 heavy (non-hydrogen) atoms. The highest BCUT2D eigenvalue weighted by Crippen LogP contribution is 2.33. The van der Waals surface area contributed by atoms with Gasteiger partial charge in [0.2, 0.25) is 0 Å². The van der Waals surface area contributed by atoms with E-state index < -0.39 is 0 Å². The fourth-order valence-electron chi connectivity index (χ4n) is 2.72. The second kappa shape index (κ2) is 4.37. The fraction of sp³-hybridized carbons (Fsp3) is 0.235. The van der Waals surface area contributed by atoms with Gasteiger partial charge in [0.05, 0.1) is 11.2 Å². The zero-order valence-corrected chi connectivity index (χ0v) is 11.5. The largest absolute Gasteiger partial charge is 0.372 e.